The average Bonchev–Trinajstić information content (AvgIpc) is 3.21. The van der Waals surface area contributed by atoms with E-state index in [0.717, 1.165) is 10.6 Å². The van der Waals surface area contributed by atoms with Gasteiger partial charge in [-0.25, -0.2) is 14.1 Å². The van der Waals surface area contributed by atoms with Crippen LogP contribution in [0.4, 0.5) is 14.9 Å². The Morgan fingerprint density at radius 1 is 0.846 bits per heavy atom. The van der Waals surface area contributed by atoms with Crippen LogP contribution in [0, 0.1) is 5.82 Å². The van der Waals surface area contributed by atoms with Gasteiger partial charge in [0.1, 0.15) is 11.5 Å². The van der Waals surface area contributed by atoms with Crippen LogP contribution in [0.1, 0.15) is 5.69 Å². The molecule has 0 aliphatic carbocycles. The van der Waals surface area contributed by atoms with Crippen molar-refractivity contribution in [3.05, 3.63) is 90.1 Å². The first-order chi connectivity index (χ1) is 12.6. The Labute approximate surface area is 149 Å². The van der Waals surface area contributed by atoms with Gasteiger partial charge in [0.05, 0.1) is 5.69 Å². The molecule has 3 aromatic rings. The minimum atomic E-state index is -0.493. The first-order valence-electron chi connectivity index (χ1n) is 7.99. The third kappa shape index (κ3) is 2.77. The second-order valence-corrected chi connectivity index (χ2v) is 5.74. The van der Waals surface area contributed by atoms with Crippen molar-refractivity contribution in [3.63, 3.8) is 0 Å². The van der Waals surface area contributed by atoms with E-state index in [9.17, 15) is 14.0 Å². The van der Waals surface area contributed by atoms with E-state index in [1.165, 1.54) is 12.1 Å². The maximum atomic E-state index is 13.1. The Balaban J connectivity index is 1.68. The molecule has 0 bridgehead atoms. The number of halogens is 1. The van der Waals surface area contributed by atoms with Crippen LogP contribution in [0.15, 0.2) is 78.6 Å². The number of imide groups is 1. The molecule has 1 aromatic heterocycles. The topological polar surface area (TPSA) is 54.3 Å². The molecule has 3 amide bonds. The predicted octanol–water partition coefficient (Wildman–Crippen LogP) is 3.71. The molecule has 5 nitrogen and oxygen atoms in total. The largest absolute Gasteiger partial charge is 0.333 e. The van der Waals surface area contributed by atoms with Crippen molar-refractivity contribution in [1.82, 2.24) is 9.88 Å². The highest BCUT2D eigenvalue weighted by Gasteiger charge is 2.34. The summed E-state index contributed by atoms with van der Waals surface area (Å²) in [6.07, 6.45) is 3.41. The van der Waals surface area contributed by atoms with E-state index in [0.29, 0.717) is 11.4 Å². The summed E-state index contributed by atoms with van der Waals surface area (Å²) in [4.78, 5) is 26.0. The monoisotopic (exact) mass is 347 g/mol. The zero-order valence-electron chi connectivity index (χ0n) is 13.6. The van der Waals surface area contributed by atoms with Gasteiger partial charge < -0.3 is 9.88 Å². The third-order valence-corrected chi connectivity index (χ3v) is 4.07. The highest BCUT2D eigenvalue weighted by molar-refractivity contribution is 6.28. The van der Waals surface area contributed by atoms with Crippen LogP contribution in [-0.2, 0) is 4.79 Å². The van der Waals surface area contributed by atoms with Gasteiger partial charge in [-0.3, -0.25) is 4.79 Å². The van der Waals surface area contributed by atoms with E-state index in [1.807, 2.05) is 12.1 Å². The van der Waals surface area contributed by atoms with Gasteiger partial charge >= 0.3 is 6.03 Å². The molecular formula is C20H14FN3O2. The summed E-state index contributed by atoms with van der Waals surface area (Å²) < 4.78 is 14.9. The zero-order valence-corrected chi connectivity index (χ0v) is 13.6. The van der Waals surface area contributed by atoms with Crippen molar-refractivity contribution >= 4 is 23.7 Å². The van der Waals surface area contributed by atoms with Crippen molar-refractivity contribution in [2.45, 2.75) is 0 Å². The van der Waals surface area contributed by atoms with Crippen molar-refractivity contribution < 1.29 is 14.0 Å². The fraction of sp³-hybridized carbons (Fsp3) is 0. The molecule has 4 rings (SSSR count). The first kappa shape index (κ1) is 15.8. The van der Waals surface area contributed by atoms with Gasteiger partial charge in [-0.15, -0.1) is 0 Å². The van der Waals surface area contributed by atoms with Crippen LogP contribution in [0.25, 0.3) is 11.8 Å². The van der Waals surface area contributed by atoms with E-state index in [1.54, 1.807) is 59.3 Å². The van der Waals surface area contributed by atoms with Gasteiger partial charge in [-0.05, 0) is 54.6 Å². The molecule has 0 radical (unpaired) electrons. The minimum absolute atomic E-state index is 0.181. The average molecular weight is 347 g/mol. The number of anilines is 1. The molecule has 0 atom stereocenters. The normalized spacial score (nSPS) is 15.6. The van der Waals surface area contributed by atoms with Crippen LogP contribution >= 0.6 is 0 Å². The summed E-state index contributed by atoms with van der Waals surface area (Å²) in [5, 5.41) is 2.60. The highest BCUT2D eigenvalue weighted by atomic mass is 19.1. The predicted molar refractivity (Wildman–Crippen MR) is 96.2 cm³/mol. The summed E-state index contributed by atoms with van der Waals surface area (Å²) in [7, 11) is 0. The third-order valence-electron chi connectivity index (χ3n) is 4.07. The number of urea groups is 1. The minimum Gasteiger partial charge on any atom is -0.317 e. The lowest BCUT2D eigenvalue weighted by Gasteiger charge is -2.11. The number of benzene rings is 2. The summed E-state index contributed by atoms with van der Waals surface area (Å²) in [6.45, 7) is 0. The number of nitrogens with one attached hydrogen (secondary N) is 1. The number of para-hydroxylation sites is 1. The Hall–Kier alpha value is -3.67. The van der Waals surface area contributed by atoms with Gasteiger partial charge in [0.15, 0.2) is 0 Å². The van der Waals surface area contributed by atoms with Crippen molar-refractivity contribution in [1.29, 1.82) is 0 Å². The molecule has 1 aliphatic rings. The molecule has 128 valence electrons. The molecule has 2 aromatic carbocycles. The van der Waals surface area contributed by atoms with Crippen molar-refractivity contribution in [2.24, 2.45) is 0 Å². The van der Waals surface area contributed by atoms with E-state index in [2.05, 4.69) is 5.32 Å². The number of nitrogens with zero attached hydrogens (tertiary/aromatic N) is 2. The molecule has 26 heavy (non-hydrogen) atoms. The smallest absolute Gasteiger partial charge is 0.317 e. The summed E-state index contributed by atoms with van der Waals surface area (Å²) in [5.41, 5.74) is 2.13. The maximum Gasteiger partial charge on any atom is 0.333 e. The number of hydrogen-bond donors (Lipinski definition) is 1. The van der Waals surface area contributed by atoms with Crippen LogP contribution in [0.2, 0.25) is 0 Å². The lowest BCUT2D eigenvalue weighted by atomic mass is 10.2. The number of carbonyl (C=O) groups is 2. The lowest BCUT2D eigenvalue weighted by Crippen LogP contribution is -2.30. The van der Waals surface area contributed by atoms with Gasteiger partial charge in [0.25, 0.3) is 5.91 Å². The fourth-order valence-electron chi connectivity index (χ4n) is 2.84. The fourth-order valence-corrected chi connectivity index (χ4v) is 2.84. The van der Waals surface area contributed by atoms with Gasteiger partial charge in [-0.2, -0.15) is 0 Å². The lowest BCUT2D eigenvalue weighted by molar-refractivity contribution is -0.113. The van der Waals surface area contributed by atoms with Crippen LogP contribution in [0.3, 0.4) is 0 Å². The molecule has 1 aliphatic heterocycles. The quantitative estimate of drug-likeness (QED) is 0.580. The number of carbonyl (C=O) groups excluding carboxylic acids is 2. The number of hydrogen-bond acceptors (Lipinski definition) is 2. The molecular weight excluding hydrogens is 333 g/mol. The summed E-state index contributed by atoms with van der Waals surface area (Å²) in [6, 6.07) is 17.9. The van der Waals surface area contributed by atoms with Gasteiger partial charge in [-0.1, -0.05) is 18.2 Å². The maximum absolute atomic E-state index is 13.1. The Morgan fingerprint density at radius 2 is 1.58 bits per heavy atom. The second-order valence-electron chi connectivity index (χ2n) is 5.74. The standard InChI is InChI=1S/C20H14FN3O2/c21-14-8-10-15(11-9-14)23-12-4-7-17(23)13-18-19(25)24(20(26)22-18)16-5-2-1-3-6-16/h1-13H,(H,22,26)/b18-13-. The molecule has 0 saturated carbocycles. The van der Waals surface area contributed by atoms with Crippen LogP contribution < -0.4 is 10.2 Å². The zero-order chi connectivity index (χ0) is 18.1. The summed E-state index contributed by atoms with van der Waals surface area (Å²) in [5.74, 6) is -0.745. The van der Waals surface area contributed by atoms with Crippen LogP contribution in [-0.4, -0.2) is 16.5 Å². The van der Waals surface area contributed by atoms with Gasteiger partial charge in [0.2, 0.25) is 0 Å². The molecule has 6 heteroatoms. The Kier molecular flexibility index (Phi) is 3.85. The number of amides is 3. The molecule has 0 unspecified atom stereocenters. The van der Waals surface area contributed by atoms with E-state index in [4.69, 9.17) is 0 Å². The molecule has 1 saturated heterocycles. The number of rotatable bonds is 3. The Morgan fingerprint density at radius 3 is 2.31 bits per heavy atom. The molecule has 2 heterocycles. The first-order valence-corrected chi connectivity index (χ1v) is 7.99. The molecule has 1 fully saturated rings. The highest BCUT2D eigenvalue weighted by Crippen LogP contribution is 2.23. The van der Waals surface area contributed by atoms with Crippen LogP contribution in [0.5, 0.6) is 0 Å². The van der Waals surface area contributed by atoms with Gasteiger partial charge in [0, 0.05) is 17.6 Å². The second kappa shape index (κ2) is 6.33. The summed E-state index contributed by atoms with van der Waals surface area (Å²) >= 11 is 0. The van der Waals surface area contributed by atoms with E-state index < -0.39 is 11.9 Å². The van der Waals surface area contributed by atoms with Crippen molar-refractivity contribution in [3.8, 4) is 5.69 Å². The van der Waals surface area contributed by atoms with E-state index >= 15 is 0 Å². The molecule has 0 spiro atoms. The van der Waals surface area contributed by atoms with E-state index in [-0.39, 0.29) is 11.5 Å². The molecule has 1 N–H and O–H groups in total. The SMILES string of the molecule is O=C1N/C(=C\c2cccn2-c2ccc(F)cc2)C(=O)N1c1ccccc1. The van der Waals surface area contributed by atoms with Crippen molar-refractivity contribution in [2.75, 3.05) is 4.90 Å². The Bertz CT molecular complexity index is 1010. The number of aromatic nitrogens is 1.